The number of aromatic nitrogens is 1. The number of carbonyl (C=O) groups is 2. The van der Waals surface area contributed by atoms with Gasteiger partial charge in [0.05, 0.1) is 22.6 Å². The molecule has 0 unspecified atom stereocenters. The van der Waals surface area contributed by atoms with Crippen molar-refractivity contribution in [2.24, 2.45) is 0 Å². The number of thiazole rings is 1. The zero-order valence-corrected chi connectivity index (χ0v) is 20.0. The Kier molecular flexibility index (Phi) is 7.01. The number of hydrogen-bond acceptors (Lipinski definition) is 8. The minimum atomic E-state index is -0.375. The van der Waals surface area contributed by atoms with Gasteiger partial charge < -0.3 is 14.5 Å². The fraction of sp³-hybridized carbons (Fsp3) is 0.120. The van der Waals surface area contributed by atoms with Crippen molar-refractivity contribution in [2.75, 3.05) is 11.9 Å². The third-order valence-electron chi connectivity index (χ3n) is 4.62. The highest BCUT2D eigenvalue weighted by molar-refractivity contribution is 7.18. The molecule has 4 rings (SSSR count). The lowest BCUT2D eigenvalue weighted by atomic mass is 10.1. The van der Waals surface area contributed by atoms with Gasteiger partial charge in [-0.05, 0) is 42.6 Å². The maximum absolute atomic E-state index is 11.8. The van der Waals surface area contributed by atoms with Crippen LogP contribution in [0.25, 0.3) is 33.5 Å². The van der Waals surface area contributed by atoms with Crippen molar-refractivity contribution in [3.8, 4) is 28.0 Å². The highest BCUT2D eigenvalue weighted by atomic mass is 32.1. The van der Waals surface area contributed by atoms with Crippen LogP contribution in [0.4, 0.5) is 5.00 Å². The zero-order valence-electron chi connectivity index (χ0n) is 18.3. The van der Waals surface area contributed by atoms with Crippen LogP contribution >= 0.6 is 22.7 Å². The van der Waals surface area contributed by atoms with E-state index in [1.807, 2.05) is 17.5 Å². The molecule has 170 valence electrons. The molecule has 0 bridgehead atoms. The van der Waals surface area contributed by atoms with Gasteiger partial charge in [-0.2, -0.15) is 5.26 Å². The van der Waals surface area contributed by atoms with Crippen LogP contribution in [0.3, 0.4) is 0 Å². The standard InChI is InChI=1S/C25H19N3O4S2/c1-3-31-25(30)17-8-6-16(7-9-17)20-11-10-19(32-20)13-18(14-26)23-28-22(21-5-4-12-33-21)24(34-23)27-15(2)29/h4-13H,3H2,1-2H3,(H,27,29). The first kappa shape index (κ1) is 23.2. The largest absolute Gasteiger partial charge is 0.462 e. The Labute approximate surface area is 204 Å². The van der Waals surface area contributed by atoms with Gasteiger partial charge in [-0.1, -0.05) is 29.5 Å². The first-order chi connectivity index (χ1) is 16.5. The molecule has 1 N–H and O–H groups in total. The monoisotopic (exact) mass is 489 g/mol. The minimum Gasteiger partial charge on any atom is -0.462 e. The lowest BCUT2D eigenvalue weighted by Crippen LogP contribution is -2.04. The lowest BCUT2D eigenvalue weighted by Gasteiger charge is -2.02. The molecule has 0 saturated heterocycles. The zero-order chi connectivity index (χ0) is 24.1. The third-order valence-corrected chi connectivity index (χ3v) is 6.50. The highest BCUT2D eigenvalue weighted by Crippen LogP contribution is 2.38. The maximum atomic E-state index is 11.8. The molecule has 9 heteroatoms. The molecule has 3 aromatic heterocycles. The van der Waals surface area contributed by atoms with Crippen LogP contribution in [0.2, 0.25) is 0 Å². The van der Waals surface area contributed by atoms with Crippen molar-refractivity contribution in [1.82, 2.24) is 4.98 Å². The first-order valence-corrected chi connectivity index (χ1v) is 12.0. The summed E-state index contributed by atoms with van der Waals surface area (Å²) >= 11 is 2.74. The summed E-state index contributed by atoms with van der Waals surface area (Å²) in [5.74, 6) is 0.492. The number of carbonyl (C=O) groups excluding carboxylic acids is 2. The number of rotatable bonds is 7. The molecule has 1 amide bonds. The number of anilines is 1. The van der Waals surface area contributed by atoms with Gasteiger partial charge in [0.25, 0.3) is 0 Å². The molecule has 1 aromatic carbocycles. The maximum Gasteiger partial charge on any atom is 0.338 e. The number of furan rings is 1. The number of amides is 1. The number of nitriles is 1. The predicted molar refractivity (Wildman–Crippen MR) is 133 cm³/mol. The lowest BCUT2D eigenvalue weighted by molar-refractivity contribution is -0.114. The van der Waals surface area contributed by atoms with E-state index < -0.39 is 0 Å². The molecule has 3 heterocycles. The Hall–Kier alpha value is -4.00. The molecule has 0 atom stereocenters. The van der Waals surface area contributed by atoms with Crippen molar-refractivity contribution in [3.63, 3.8) is 0 Å². The summed E-state index contributed by atoms with van der Waals surface area (Å²) in [6.07, 6.45) is 1.62. The highest BCUT2D eigenvalue weighted by Gasteiger charge is 2.18. The molecular formula is C25H19N3O4S2. The average molecular weight is 490 g/mol. The van der Waals surface area contributed by atoms with Gasteiger partial charge in [0, 0.05) is 18.6 Å². The smallest absolute Gasteiger partial charge is 0.338 e. The van der Waals surface area contributed by atoms with Crippen LogP contribution in [-0.2, 0) is 9.53 Å². The van der Waals surface area contributed by atoms with E-state index in [1.54, 1.807) is 49.4 Å². The van der Waals surface area contributed by atoms with Crippen molar-refractivity contribution in [2.45, 2.75) is 13.8 Å². The predicted octanol–water partition coefficient (Wildman–Crippen LogP) is 6.33. The second-order valence-electron chi connectivity index (χ2n) is 7.02. The van der Waals surface area contributed by atoms with Gasteiger partial charge in [-0.15, -0.1) is 11.3 Å². The summed E-state index contributed by atoms with van der Waals surface area (Å²) in [6.45, 7) is 3.51. The number of nitrogens with one attached hydrogen (secondary N) is 1. The van der Waals surface area contributed by atoms with Gasteiger partial charge in [0.1, 0.15) is 33.3 Å². The van der Waals surface area contributed by atoms with E-state index in [0.29, 0.717) is 45.0 Å². The quantitative estimate of drug-likeness (QED) is 0.240. The van der Waals surface area contributed by atoms with Crippen LogP contribution < -0.4 is 5.32 Å². The summed E-state index contributed by atoms with van der Waals surface area (Å²) in [5.41, 5.74) is 2.20. The summed E-state index contributed by atoms with van der Waals surface area (Å²) in [5, 5.41) is 15.6. The van der Waals surface area contributed by atoms with Gasteiger partial charge in [0.15, 0.2) is 0 Å². The topological polar surface area (TPSA) is 105 Å². The van der Waals surface area contributed by atoms with Crippen LogP contribution in [0.15, 0.2) is 58.3 Å². The molecule has 0 aliphatic heterocycles. The number of thiophene rings is 1. The van der Waals surface area contributed by atoms with Crippen LogP contribution in [0.1, 0.15) is 35.0 Å². The van der Waals surface area contributed by atoms with Gasteiger partial charge >= 0.3 is 5.97 Å². The Balaban J connectivity index is 1.61. The van der Waals surface area contributed by atoms with Crippen LogP contribution in [-0.4, -0.2) is 23.5 Å². The first-order valence-electron chi connectivity index (χ1n) is 10.3. The van der Waals surface area contributed by atoms with E-state index in [-0.39, 0.29) is 11.9 Å². The van der Waals surface area contributed by atoms with E-state index in [2.05, 4.69) is 16.4 Å². The molecule has 0 aliphatic carbocycles. The fourth-order valence-corrected chi connectivity index (χ4v) is 4.89. The summed E-state index contributed by atoms with van der Waals surface area (Å²) < 4.78 is 10.9. The number of ether oxygens (including phenoxy) is 1. The number of nitrogens with zero attached hydrogens (tertiary/aromatic N) is 2. The Morgan fingerprint density at radius 3 is 2.65 bits per heavy atom. The van der Waals surface area contributed by atoms with Crippen LogP contribution in [0.5, 0.6) is 0 Å². The van der Waals surface area contributed by atoms with E-state index >= 15 is 0 Å². The summed E-state index contributed by atoms with van der Waals surface area (Å²) in [4.78, 5) is 29.0. The van der Waals surface area contributed by atoms with E-state index in [4.69, 9.17) is 9.15 Å². The second-order valence-corrected chi connectivity index (χ2v) is 8.97. The average Bonchev–Trinajstić information content (AvgIpc) is 3.58. The molecule has 4 aromatic rings. The van der Waals surface area contributed by atoms with Crippen molar-refractivity contribution < 1.29 is 18.7 Å². The van der Waals surface area contributed by atoms with Crippen LogP contribution in [0, 0.1) is 11.3 Å². The van der Waals surface area contributed by atoms with Gasteiger partial charge in [0.2, 0.25) is 5.91 Å². The summed E-state index contributed by atoms with van der Waals surface area (Å²) in [7, 11) is 0. The van der Waals surface area contributed by atoms with Gasteiger partial charge in [-0.25, -0.2) is 9.78 Å². The van der Waals surface area contributed by atoms with Crippen molar-refractivity contribution in [1.29, 1.82) is 5.26 Å². The minimum absolute atomic E-state index is 0.208. The fourth-order valence-electron chi connectivity index (χ4n) is 3.11. The molecule has 34 heavy (non-hydrogen) atoms. The normalized spacial score (nSPS) is 11.1. The Morgan fingerprint density at radius 1 is 1.21 bits per heavy atom. The van der Waals surface area contributed by atoms with E-state index in [0.717, 1.165) is 10.4 Å². The number of hydrogen-bond donors (Lipinski definition) is 1. The van der Waals surface area contributed by atoms with Crippen molar-refractivity contribution in [3.05, 3.63) is 70.2 Å². The number of benzene rings is 1. The third kappa shape index (κ3) is 5.14. The second kappa shape index (κ2) is 10.3. The summed E-state index contributed by atoms with van der Waals surface area (Å²) in [6, 6.07) is 16.5. The molecule has 0 radical (unpaired) electrons. The molecule has 0 spiro atoms. The van der Waals surface area contributed by atoms with E-state index in [1.165, 1.54) is 29.6 Å². The van der Waals surface area contributed by atoms with Gasteiger partial charge in [-0.3, -0.25) is 4.79 Å². The Bertz CT molecular complexity index is 1390. The molecule has 0 saturated carbocycles. The Morgan fingerprint density at radius 2 is 2.00 bits per heavy atom. The molecule has 7 nitrogen and oxygen atoms in total. The molecule has 0 fully saturated rings. The number of allylic oxidation sites excluding steroid dienone is 1. The van der Waals surface area contributed by atoms with Crippen molar-refractivity contribution >= 4 is 51.2 Å². The SMILES string of the molecule is CCOC(=O)c1ccc(-c2ccc(C=C(C#N)c3nc(-c4cccs4)c(NC(C)=O)s3)o2)cc1. The number of esters is 1. The van der Waals surface area contributed by atoms with E-state index in [9.17, 15) is 14.9 Å². The molecule has 0 aliphatic rings. The molecular weight excluding hydrogens is 470 g/mol.